The standard InChI is InChI=1S/C14H21FN2/c1-14(7-3-2-4-8-14)17-10-11-5-6-12(16)9-13(11)15/h5-6,9,17H,2-4,7-8,10,16H2,1H3. The Morgan fingerprint density at radius 3 is 2.65 bits per heavy atom. The predicted molar refractivity (Wildman–Crippen MR) is 69.1 cm³/mol. The van der Waals surface area contributed by atoms with Gasteiger partial charge in [0.25, 0.3) is 0 Å². The van der Waals surface area contributed by atoms with Crippen molar-refractivity contribution in [3.63, 3.8) is 0 Å². The zero-order valence-corrected chi connectivity index (χ0v) is 10.4. The van der Waals surface area contributed by atoms with Crippen molar-refractivity contribution in [3.8, 4) is 0 Å². The fourth-order valence-electron chi connectivity index (χ4n) is 2.52. The summed E-state index contributed by atoms with van der Waals surface area (Å²) in [4.78, 5) is 0. The van der Waals surface area contributed by atoms with Crippen molar-refractivity contribution in [3.05, 3.63) is 29.6 Å². The highest BCUT2D eigenvalue weighted by molar-refractivity contribution is 5.40. The zero-order chi connectivity index (χ0) is 12.3. The van der Waals surface area contributed by atoms with Crippen molar-refractivity contribution in [1.29, 1.82) is 0 Å². The molecule has 0 aliphatic heterocycles. The molecular weight excluding hydrogens is 215 g/mol. The average Bonchev–Trinajstić information content (AvgIpc) is 2.29. The number of anilines is 1. The third-order valence-corrected chi connectivity index (χ3v) is 3.74. The van der Waals surface area contributed by atoms with E-state index in [9.17, 15) is 4.39 Å². The van der Waals surface area contributed by atoms with Crippen LogP contribution in [0.5, 0.6) is 0 Å². The van der Waals surface area contributed by atoms with E-state index < -0.39 is 0 Å². The van der Waals surface area contributed by atoms with E-state index in [1.807, 2.05) is 0 Å². The Morgan fingerprint density at radius 2 is 2.00 bits per heavy atom. The average molecular weight is 236 g/mol. The lowest BCUT2D eigenvalue weighted by atomic mass is 9.83. The van der Waals surface area contributed by atoms with Crippen LogP contribution in [0, 0.1) is 5.82 Å². The lowest BCUT2D eigenvalue weighted by Gasteiger charge is -2.34. The van der Waals surface area contributed by atoms with Gasteiger partial charge in [0.1, 0.15) is 5.82 Å². The first-order chi connectivity index (χ1) is 8.09. The molecule has 3 heteroatoms. The highest BCUT2D eigenvalue weighted by atomic mass is 19.1. The van der Waals surface area contributed by atoms with Crippen molar-refractivity contribution in [2.45, 2.75) is 51.1 Å². The van der Waals surface area contributed by atoms with E-state index in [2.05, 4.69) is 12.2 Å². The van der Waals surface area contributed by atoms with Crippen molar-refractivity contribution >= 4 is 5.69 Å². The molecule has 3 N–H and O–H groups in total. The first-order valence-electron chi connectivity index (χ1n) is 6.38. The van der Waals surface area contributed by atoms with Gasteiger partial charge in [0.05, 0.1) is 0 Å². The van der Waals surface area contributed by atoms with Gasteiger partial charge in [0.2, 0.25) is 0 Å². The molecule has 0 saturated heterocycles. The molecule has 2 rings (SSSR count). The molecule has 0 unspecified atom stereocenters. The smallest absolute Gasteiger partial charge is 0.129 e. The maximum atomic E-state index is 13.6. The largest absolute Gasteiger partial charge is 0.399 e. The quantitative estimate of drug-likeness (QED) is 0.791. The van der Waals surface area contributed by atoms with Crippen LogP contribution in [0.2, 0.25) is 0 Å². The summed E-state index contributed by atoms with van der Waals surface area (Å²) in [5, 5.41) is 3.49. The number of nitrogens with two attached hydrogens (primary N) is 1. The summed E-state index contributed by atoms with van der Waals surface area (Å²) >= 11 is 0. The Labute approximate surface area is 102 Å². The molecule has 2 nitrogen and oxygen atoms in total. The molecule has 1 saturated carbocycles. The molecule has 1 aliphatic carbocycles. The topological polar surface area (TPSA) is 38.0 Å². The Kier molecular flexibility index (Phi) is 3.67. The summed E-state index contributed by atoms with van der Waals surface area (Å²) in [5.74, 6) is -0.211. The predicted octanol–water partition coefficient (Wildman–Crippen LogP) is 3.22. The van der Waals surface area contributed by atoms with E-state index in [-0.39, 0.29) is 11.4 Å². The summed E-state index contributed by atoms with van der Waals surface area (Å²) < 4.78 is 13.6. The first-order valence-corrected chi connectivity index (χ1v) is 6.38. The summed E-state index contributed by atoms with van der Waals surface area (Å²) in [6.45, 7) is 2.82. The Morgan fingerprint density at radius 1 is 1.29 bits per heavy atom. The van der Waals surface area contributed by atoms with E-state index in [0.29, 0.717) is 17.8 Å². The molecule has 0 radical (unpaired) electrons. The van der Waals surface area contributed by atoms with Crippen LogP contribution in [-0.2, 0) is 6.54 Å². The fourth-order valence-corrected chi connectivity index (χ4v) is 2.52. The van der Waals surface area contributed by atoms with Crippen LogP contribution in [0.15, 0.2) is 18.2 Å². The third kappa shape index (κ3) is 3.19. The van der Waals surface area contributed by atoms with Crippen LogP contribution in [0.25, 0.3) is 0 Å². The maximum Gasteiger partial charge on any atom is 0.129 e. The second-order valence-electron chi connectivity index (χ2n) is 5.33. The molecule has 1 fully saturated rings. The fraction of sp³-hybridized carbons (Fsp3) is 0.571. The van der Waals surface area contributed by atoms with E-state index in [1.165, 1.54) is 38.2 Å². The van der Waals surface area contributed by atoms with Crippen molar-refractivity contribution in [2.75, 3.05) is 5.73 Å². The van der Waals surface area contributed by atoms with Gasteiger partial charge in [0.15, 0.2) is 0 Å². The van der Waals surface area contributed by atoms with Crippen LogP contribution in [-0.4, -0.2) is 5.54 Å². The summed E-state index contributed by atoms with van der Waals surface area (Å²) in [6.07, 6.45) is 6.24. The number of rotatable bonds is 3. The van der Waals surface area contributed by atoms with Gasteiger partial charge in [-0.2, -0.15) is 0 Å². The Balaban J connectivity index is 1.97. The van der Waals surface area contributed by atoms with E-state index >= 15 is 0 Å². The van der Waals surface area contributed by atoms with E-state index in [1.54, 1.807) is 12.1 Å². The minimum atomic E-state index is -0.211. The number of hydrogen-bond acceptors (Lipinski definition) is 2. The number of benzene rings is 1. The van der Waals surface area contributed by atoms with Crippen LogP contribution < -0.4 is 11.1 Å². The van der Waals surface area contributed by atoms with Gasteiger partial charge >= 0.3 is 0 Å². The van der Waals surface area contributed by atoms with Gasteiger partial charge in [-0.15, -0.1) is 0 Å². The number of nitrogen functional groups attached to an aromatic ring is 1. The van der Waals surface area contributed by atoms with Crippen molar-refractivity contribution < 1.29 is 4.39 Å². The summed E-state index contributed by atoms with van der Waals surface area (Å²) in [7, 11) is 0. The van der Waals surface area contributed by atoms with E-state index in [0.717, 1.165) is 0 Å². The maximum absolute atomic E-state index is 13.6. The van der Waals surface area contributed by atoms with Crippen LogP contribution >= 0.6 is 0 Å². The van der Waals surface area contributed by atoms with E-state index in [4.69, 9.17) is 5.73 Å². The van der Waals surface area contributed by atoms with Gasteiger partial charge in [-0.05, 0) is 31.9 Å². The van der Waals surface area contributed by atoms with Crippen LogP contribution in [0.3, 0.4) is 0 Å². The molecule has 0 amide bonds. The Bertz CT molecular complexity index is 384. The molecule has 0 spiro atoms. The molecule has 0 heterocycles. The van der Waals surface area contributed by atoms with Gasteiger partial charge < -0.3 is 11.1 Å². The Hall–Kier alpha value is -1.09. The van der Waals surface area contributed by atoms with Crippen LogP contribution in [0.1, 0.15) is 44.6 Å². The number of nitrogens with one attached hydrogen (secondary N) is 1. The second-order valence-corrected chi connectivity index (χ2v) is 5.33. The van der Waals surface area contributed by atoms with Gasteiger partial charge in [-0.1, -0.05) is 25.3 Å². The number of hydrogen-bond donors (Lipinski definition) is 2. The summed E-state index contributed by atoms with van der Waals surface area (Å²) in [6, 6.07) is 4.91. The molecule has 1 aliphatic rings. The van der Waals surface area contributed by atoms with Crippen LogP contribution in [0.4, 0.5) is 10.1 Å². The van der Waals surface area contributed by atoms with Gasteiger partial charge in [0, 0.05) is 23.3 Å². The monoisotopic (exact) mass is 236 g/mol. The SMILES string of the molecule is CC1(NCc2ccc(N)cc2F)CCCCC1. The van der Waals surface area contributed by atoms with Gasteiger partial charge in [-0.25, -0.2) is 4.39 Å². The second kappa shape index (κ2) is 5.05. The molecule has 0 bridgehead atoms. The normalized spacial score (nSPS) is 19.2. The molecule has 94 valence electrons. The highest BCUT2D eigenvalue weighted by Gasteiger charge is 2.25. The molecule has 1 aromatic rings. The lowest BCUT2D eigenvalue weighted by molar-refractivity contribution is 0.251. The molecule has 0 aromatic heterocycles. The molecule has 1 aromatic carbocycles. The number of halogens is 1. The van der Waals surface area contributed by atoms with Gasteiger partial charge in [-0.3, -0.25) is 0 Å². The first kappa shape index (κ1) is 12.4. The van der Waals surface area contributed by atoms with Crippen molar-refractivity contribution in [1.82, 2.24) is 5.32 Å². The lowest BCUT2D eigenvalue weighted by Crippen LogP contribution is -2.43. The third-order valence-electron chi connectivity index (χ3n) is 3.74. The van der Waals surface area contributed by atoms with Crippen molar-refractivity contribution in [2.24, 2.45) is 0 Å². The molecule has 0 atom stereocenters. The molecule has 17 heavy (non-hydrogen) atoms. The minimum absolute atomic E-state index is 0.173. The highest BCUT2D eigenvalue weighted by Crippen LogP contribution is 2.28. The minimum Gasteiger partial charge on any atom is -0.399 e. The summed E-state index contributed by atoms with van der Waals surface area (Å²) in [5.41, 5.74) is 6.89. The zero-order valence-electron chi connectivity index (χ0n) is 10.4. The molecular formula is C14H21FN2.